The lowest BCUT2D eigenvalue weighted by molar-refractivity contribution is -0.0629. The second kappa shape index (κ2) is 10.0. The van der Waals surface area contributed by atoms with Crippen molar-refractivity contribution in [3.8, 4) is 0 Å². The summed E-state index contributed by atoms with van der Waals surface area (Å²) >= 11 is 1.50. The number of thioether (sulfide) groups is 1. The highest BCUT2D eigenvalue weighted by molar-refractivity contribution is 7.99. The molecule has 2 fully saturated rings. The fourth-order valence-electron chi connectivity index (χ4n) is 4.76. The summed E-state index contributed by atoms with van der Waals surface area (Å²) < 4.78 is 34.2. The first kappa shape index (κ1) is 24.4. The Hall–Kier alpha value is -2.25. The van der Waals surface area contributed by atoms with Crippen LogP contribution in [0.15, 0.2) is 23.4 Å². The number of halogens is 2. The summed E-state index contributed by atoms with van der Waals surface area (Å²) in [6, 6.07) is 3.33. The van der Waals surface area contributed by atoms with Gasteiger partial charge in [0.25, 0.3) is 0 Å². The van der Waals surface area contributed by atoms with Crippen molar-refractivity contribution in [1.82, 2.24) is 25.0 Å². The Kier molecular flexibility index (Phi) is 6.99. The molecule has 5 rings (SSSR count). The number of aliphatic hydroxyl groups is 3. The Morgan fingerprint density at radius 3 is 2.69 bits per heavy atom. The lowest BCUT2D eigenvalue weighted by Crippen LogP contribution is -2.33. The summed E-state index contributed by atoms with van der Waals surface area (Å²) in [6.45, 7) is 1.92. The molecule has 1 aromatic carbocycles. The normalized spacial score (nSPS) is 28.2. The number of aliphatic hydroxyl groups excluding tert-OH is 3. The molecule has 35 heavy (non-hydrogen) atoms. The summed E-state index contributed by atoms with van der Waals surface area (Å²) in [7, 11) is 0. The minimum Gasteiger partial charge on any atom is -0.394 e. The van der Waals surface area contributed by atoms with Gasteiger partial charge < -0.3 is 20.1 Å². The van der Waals surface area contributed by atoms with Gasteiger partial charge in [0.1, 0.15) is 12.2 Å². The van der Waals surface area contributed by atoms with Gasteiger partial charge in [0.2, 0.25) is 0 Å². The number of hydrogen-bond donors (Lipinski definition) is 3. The molecule has 2 heterocycles. The minimum atomic E-state index is -1.15. The van der Waals surface area contributed by atoms with Gasteiger partial charge in [-0.15, -0.1) is 5.10 Å². The molecule has 3 N–H and O–H groups in total. The topological polar surface area (TPSA) is 126 Å². The molecule has 188 valence electrons. The maximum absolute atomic E-state index is 13.8. The van der Waals surface area contributed by atoms with Gasteiger partial charge in [0.15, 0.2) is 28.0 Å². The molecule has 3 aromatic rings. The van der Waals surface area contributed by atoms with Crippen LogP contribution in [0.4, 0.5) is 8.78 Å². The summed E-state index contributed by atoms with van der Waals surface area (Å²) in [4.78, 5) is 9.41. The third-order valence-corrected chi connectivity index (χ3v) is 7.67. The molecular weight excluding hydrogens is 480 g/mol. The van der Waals surface area contributed by atoms with Crippen molar-refractivity contribution in [2.75, 3.05) is 19.0 Å². The molecule has 0 bridgehead atoms. The first-order valence-electron chi connectivity index (χ1n) is 11.7. The number of aromatic nitrogens is 5. The van der Waals surface area contributed by atoms with Crippen molar-refractivity contribution >= 4 is 22.9 Å². The van der Waals surface area contributed by atoms with Crippen molar-refractivity contribution in [2.24, 2.45) is 0 Å². The number of fused-ring (bicyclic) bond motifs is 1. The Bertz CT molecular complexity index is 1210. The molecule has 9 nitrogen and oxygen atoms in total. The van der Waals surface area contributed by atoms with E-state index >= 15 is 0 Å². The van der Waals surface area contributed by atoms with Gasteiger partial charge in [0, 0.05) is 18.1 Å². The van der Waals surface area contributed by atoms with Gasteiger partial charge in [0.05, 0.1) is 31.1 Å². The highest BCUT2D eigenvalue weighted by Crippen LogP contribution is 2.55. The Morgan fingerprint density at radius 1 is 1.11 bits per heavy atom. The number of nitrogens with zero attached hydrogens (tertiary/aromatic N) is 5. The van der Waals surface area contributed by atoms with Crippen molar-refractivity contribution in [2.45, 2.75) is 67.5 Å². The van der Waals surface area contributed by atoms with Crippen LogP contribution in [-0.4, -0.2) is 77.6 Å². The third-order valence-electron chi connectivity index (χ3n) is 6.62. The van der Waals surface area contributed by atoms with E-state index in [1.165, 1.54) is 22.5 Å². The second-order valence-electron chi connectivity index (χ2n) is 8.99. The molecule has 0 saturated heterocycles. The lowest BCUT2D eigenvalue weighted by Gasteiger charge is -2.17. The third kappa shape index (κ3) is 4.65. The Morgan fingerprint density at radius 2 is 1.94 bits per heavy atom. The molecule has 0 unspecified atom stereocenters. The molecular formula is C23H27F2N5O4S. The van der Waals surface area contributed by atoms with E-state index in [0.717, 1.165) is 18.2 Å². The molecule has 12 heteroatoms. The molecule has 2 aliphatic carbocycles. The SMILES string of the molecule is CCCSc1nc([C@@H]2C[C@@H]2c2ccc(F)c(F)c2)c2nnn([C@@H]3C[C@H](OCCO)[C@@H](O)[C@H]3O)c2n1. The predicted molar refractivity (Wildman–Crippen MR) is 123 cm³/mol. The predicted octanol–water partition coefficient (Wildman–Crippen LogP) is 2.32. The van der Waals surface area contributed by atoms with Gasteiger partial charge in [-0.1, -0.05) is 30.0 Å². The van der Waals surface area contributed by atoms with E-state index in [-0.39, 0.29) is 31.5 Å². The Labute approximate surface area is 204 Å². The van der Waals surface area contributed by atoms with E-state index in [4.69, 9.17) is 14.8 Å². The largest absolute Gasteiger partial charge is 0.394 e. The number of hydrogen-bond acceptors (Lipinski definition) is 9. The van der Waals surface area contributed by atoms with Crippen LogP contribution in [-0.2, 0) is 4.74 Å². The molecule has 2 saturated carbocycles. The van der Waals surface area contributed by atoms with Crippen molar-refractivity contribution < 1.29 is 28.8 Å². The first-order chi connectivity index (χ1) is 16.9. The summed E-state index contributed by atoms with van der Waals surface area (Å²) in [6.07, 6.45) is -1.02. The highest BCUT2D eigenvalue weighted by Gasteiger charge is 2.46. The van der Waals surface area contributed by atoms with Crippen LogP contribution in [0.5, 0.6) is 0 Å². The van der Waals surface area contributed by atoms with E-state index in [1.807, 2.05) is 0 Å². The number of benzene rings is 1. The standard InChI is InChI=1S/C23H27F2N5O4S/c1-2-7-35-23-26-18(13-9-12(13)11-3-4-14(24)15(25)8-11)19-22(27-23)30(29-28-19)16-10-17(34-6-5-31)21(33)20(16)32/h3-4,8,12-13,16-17,20-21,31-33H,2,5-7,9-10H2,1H3/t12-,13-,16-,17+,20+,21-/m1/s1. The maximum atomic E-state index is 13.8. The molecule has 2 aromatic heterocycles. The van der Waals surface area contributed by atoms with E-state index in [0.29, 0.717) is 34.0 Å². The summed E-state index contributed by atoms with van der Waals surface area (Å²) in [5.74, 6) is -1.01. The lowest BCUT2D eigenvalue weighted by atomic mass is 10.1. The maximum Gasteiger partial charge on any atom is 0.189 e. The van der Waals surface area contributed by atoms with Crippen LogP contribution in [0, 0.1) is 11.6 Å². The van der Waals surface area contributed by atoms with Gasteiger partial charge in [-0.25, -0.2) is 23.4 Å². The van der Waals surface area contributed by atoms with Crippen LogP contribution in [0.2, 0.25) is 0 Å². The van der Waals surface area contributed by atoms with Crippen LogP contribution in [0.1, 0.15) is 55.3 Å². The molecule has 2 aliphatic rings. The van der Waals surface area contributed by atoms with Gasteiger partial charge >= 0.3 is 0 Å². The smallest absolute Gasteiger partial charge is 0.189 e. The van der Waals surface area contributed by atoms with Crippen molar-refractivity contribution in [3.63, 3.8) is 0 Å². The zero-order valence-electron chi connectivity index (χ0n) is 19.1. The molecule has 0 radical (unpaired) electrons. The van der Waals surface area contributed by atoms with Crippen LogP contribution < -0.4 is 0 Å². The first-order valence-corrected chi connectivity index (χ1v) is 12.7. The van der Waals surface area contributed by atoms with Crippen molar-refractivity contribution in [1.29, 1.82) is 0 Å². The molecule has 6 atom stereocenters. The monoisotopic (exact) mass is 507 g/mol. The van der Waals surface area contributed by atoms with E-state index in [9.17, 15) is 19.0 Å². The van der Waals surface area contributed by atoms with Gasteiger partial charge in [-0.2, -0.15) is 0 Å². The average Bonchev–Trinajstić information content (AvgIpc) is 3.47. The second-order valence-corrected chi connectivity index (χ2v) is 10.0. The summed E-state index contributed by atoms with van der Waals surface area (Å²) in [5.41, 5.74) is 2.33. The van der Waals surface area contributed by atoms with Crippen LogP contribution >= 0.6 is 11.8 Å². The molecule has 0 spiro atoms. The number of ether oxygens (including phenoxy) is 1. The fraction of sp³-hybridized carbons (Fsp3) is 0.565. The zero-order valence-corrected chi connectivity index (χ0v) is 19.9. The van der Waals surface area contributed by atoms with Gasteiger partial charge in [-0.3, -0.25) is 0 Å². The van der Waals surface area contributed by atoms with E-state index in [1.54, 1.807) is 6.07 Å². The number of rotatable bonds is 9. The van der Waals surface area contributed by atoms with Gasteiger partial charge in [-0.05, 0) is 36.5 Å². The summed E-state index contributed by atoms with van der Waals surface area (Å²) in [5, 5.41) is 39.3. The zero-order chi connectivity index (χ0) is 24.7. The van der Waals surface area contributed by atoms with Crippen LogP contribution in [0.25, 0.3) is 11.2 Å². The Balaban J connectivity index is 1.49. The van der Waals surface area contributed by atoms with Crippen molar-refractivity contribution in [3.05, 3.63) is 41.1 Å². The molecule has 0 aliphatic heterocycles. The van der Waals surface area contributed by atoms with Crippen LogP contribution in [0.3, 0.4) is 0 Å². The van der Waals surface area contributed by atoms with E-state index < -0.39 is 36.0 Å². The quantitative estimate of drug-likeness (QED) is 0.295. The fourth-order valence-corrected chi connectivity index (χ4v) is 5.46. The molecule has 0 amide bonds. The average molecular weight is 508 g/mol. The minimum absolute atomic E-state index is 0.0208. The van der Waals surface area contributed by atoms with E-state index in [2.05, 4.69) is 22.2 Å². The highest BCUT2D eigenvalue weighted by atomic mass is 32.2.